The predicted molar refractivity (Wildman–Crippen MR) is 124 cm³/mol. The number of anilines is 2. The van der Waals surface area contributed by atoms with Crippen LogP contribution < -0.4 is 10.4 Å². The van der Waals surface area contributed by atoms with Crippen LogP contribution in [0.25, 0.3) is 10.3 Å². The first kappa shape index (κ1) is 22.2. The highest BCUT2D eigenvalue weighted by atomic mass is 32.2. The Morgan fingerprint density at radius 3 is 2.55 bits per heavy atom. The summed E-state index contributed by atoms with van der Waals surface area (Å²) in [4.78, 5) is 23.1. The maximum atomic E-state index is 9.79. The molecule has 0 spiro atoms. The number of nitrogens with one attached hydrogen (secondary N) is 2. The number of aliphatic hydroxyl groups is 1. The Morgan fingerprint density at radius 1 is 1.14 bits per heavy atom. The average molecular weight is 452 g/mol. The topological polar surface area (TPSA) is 103 Å². The van der Waals surface area contributed by atoms with E-state index in [9.17, 15) is 10.00 Å². The number of hydrogen-bond donors (Lipinski definition) is 4. The number of benzene rings is 1. The van der Waals surface area contributed by atoms with E-state index in [1.54, 1.807) is 11.8 Å². The smallest absolute Gasteiger partial charge is 0.192 e. The number of thioether (sulfide) groups is 1. The zero-order chi connectivity index (χ0) is 20.8. The Hall–Kier alpha value is -1.51. The average Bonchev–Trinajstić information content (AvgIpc) is 3.10. The summed E-state index contributed by atoms with van der Waals surface area (Å²) in [5.41, 5.74) is 1.78. The quantitative estimate of drug-likeness (QED) is 0.200. The van der Waals surface area contributed by atoms with E-state index >= 15 is 0 Å². The van der Waals surface area contributed by atoms with Crippen molar-refractivity contribution in [3.8, 4) is 0 Å². The lowest BCUT2D eigenvalue weighted by Gasteiger charge is -2.19. The summed E-state index contributed by atoms with van der Waals surface area (Å²) in [5, 5.41) is 17.4. The fourth-order valence-electron chi connectivity index (χ4n) is 2.95. The second-order valence-corrected chi connectivity index (χ2v) is 9.87. The molecule has 0 aliphatic heterocycles. The Labute approximate surface area is 180 Å². The van der Waals surface area contributed by atoms with Gasteiger partial charge in [-0.25, -0.2) is 9.97 Å². The number of aliphatic hydroxyl groups excluding tert-OH is 1. The van der Waals surface area contributed by atoms with Crippen LogP contribution in [0.4, 0.5) is 10.9 Å². The van der Waals surface area contributed by atoms with E-state index in [2.05, 4.69) is 53.3 Å². The summed E-state index contributed by atoms with van der Waals surface area (Å²) >= 11 is 2.96. The van der Waals surface area contributed by atoms with E-state index in [0.29, 0.717) is 27.7 Å². The van der Waals surface area contributed by atoms with Crippen molar-refractivity contribution in [2.45, 2.75) is 43.6 Å². The van der Waals surface area contributed by atoms with Gasteiger partial charge in [0.15, 0.2) is 21.8 Å². The summed E-state index contributed by atoms with van der Waals surface area (Å²) in [7, 11) is -0.432. The zero-order valence-electron chi connectivity index (χ0n) is 16.6. The van der Waals surface area contributed by atoms with Crippen LogP contribution in [-0.4, -0.2) is 37.6 Å². The third-order valence-electron chi connectivity index (χ3n) is 4.26. The van der Waals surface area contributed by atoms with Crippen LogP contribution in [0, 0.1) is 5.92 Å². The predicted octanol–water partition coefficient (Wildman–Crippen LogP) is 4.67. The number of nitrogens with zero attached hydrogens (tertiary/aromatic N) is 3. The number of fused-ring (bicyclic) bond motifs is 1. The molecule has 3 rings (SSSR count). The Bertz CT molecular complexity index is 926. The second-order valence-electron chi connectivity index (χ2n) is 7.09. The summed E-state index contributed by atoms with van der Waals surface area (Å²) < 4.78 is 0.810. The maximum absolute atomic E-state index is 9.79. The van der Waals surface area contributed by atoms with Gasteiger partial charge >= 0.3 is 0 Å². The molecule has 2 unspecified atom stereocenters. The molecule has 3 atom stereocenters. The number of thiazole rings is 1. The molecule has 156 valence electrons. The molecule has 29 heavy (non-hydrogen) atoms. The van der Waals surface area contributed by atoms with Crippen molar-refractivity contribution < 1.29 is 10.00 Å². The van der Waals surface area contributed by atoms with Gasteiger partial charge < -0.3 is 20.4 Å². The van der Waals surface area contributed by atoms with Crippen molar-refractivity contribution in [3.63, 3.8) is 0 Å². The molecule has 0 bridgehead atoms. The van der Waals surface area contributed by atoms with Crippen molar-refractivity contribution in [2.24, 2.45) is 5.92 Å². The van der Waals surface area contributed by atoms with Crippen LogP contribution in [0.1, 0.15) is 38.0 Å². The molecule has 1 aromatic carbocycles. The van der Waals surface area contributed by atoms with Gasteiger partial charge in [-0.05, 0) is 24.8 Å². The van der Waals surface area contributed by atoms with Gasteiger partial charge in [-0.15, -0.1) is 0 Å². The van der Waals surface area contributed by atoms with Crippen molar-refractivity contribution >= 4 is 53.4 Å². The molecule has 10 heteroatoms. The van der Waals surface area contributed by atoms with Gasteiger partial charge in [0, 0.05) is 5.25 Å². The molecular formula is C19H26N5O2PS2. The van der Waals surface area contributed by atoms with Crippen LogP contribution in [0.15, 0.2) is 35.5 Å². The molecular weight excluding hydrogens is 425 g/mol. The molecule has 0 amide bonds. The van der Waals surface area contributed by atoms with Crippen molar-refractivity contribution in [2.75, 3.05) is 17.0 Å². The van der Waals surface area contributed by atoms with Crippen molar-refractivity contribution in [1.29, 1.82) is 0 Å². The highest BCUT2D eigenvalue weighted by molar-refractivity contribution is 7.99. The van der Waals surface area contributed by atoms with E-state index in [1.807, 2.05) is 18.2 Å². The van der Waals surface area contributed by atoms with Crippen molar-refractivity contribution in [1.82, 2.24) is 15.0 Å². The Kier molecular flexibility index (Phi) is 8.03. The standard InChI is InChI=1S/C19H26N5O2PS2/c1-11(2)9-14(10-25)20-16-15-17(23-19(29-15)24-27-26)22-18(21-16)28-12(3)13-7-5-4-6-8-13/h4-8,11-12,14,25-27H,9-10H2,1-3H3,(H2,20,21,22,23,24)/t12-,14?/m0/s1. The van der Waals surface area contributed by atoms with E-state index in [-0.39, 0.29) is 17.9 Å². The SMILES string of the molecule is CC(C)CC(CO)Nc1nc(S[C@@H](C)c2ccccc2)nc2nc(NPO)sc12. The van der Waals surface area contributed by atoms with Crippen LogP contribution in [-0.2, 0) is 0 Å². The lowest BCUT2D eigenvalue weighted by Crippen LogP contribution is -2.26. The van der Waals surface area contributed by atoms with Gasteiger partial charge in [0.1, 0.15) is 13.7 Å². The van der Waals surface area contributed by atoms with Crippen LogP contribution >= 0.6 is 32.1 Å². The molecule has 0 radical (unpaired) electrons. The molecule has 2 heterocycles. The van der Waals surface area contributed by atoms with Gasteiger partial charge in [-0.1, -0.05) is 67.3 Å². The molecule has 0 fully saturated rings. The molecule has 0 aliphatic carbocycles. The number of rotatable bonds is 10. The van der Waals surface area contributed by atoms with Gasteiger partial charge in [0.05, 0.1) is 12.6 Å². The minimum absolute atomic E-state index is 0.0223. The van der Waals surface area contributed by atoms with Crippen LogP contribution in [0.2, 0.25) is 0 Å². The fraction of sp³-hybridized carbons (Fsp3) is 0.421. The zero-order valence-corrected chi connectivity index (χ0v) is 19.2. The lowest BCUT2D eigenvalue weighted by molar-refractivity contribution is 0.259. The van der Waals surface area contributed by atoms with Gasteiger partial charge in [0.25, 0.3) is 0 Å². The van der Waals surface area contributed by atoms with E-state index < -0.39 is 8.96 Å². The normalized spacial score (nSPS) is 14.0. The lowest BCUT2D eigenvalue weighted by atomic mass is 10.0. The molecule has 0 saturated heterocycles. The third-order valence-corrected chi connectivity index (χ3v) is 6.78. The van der Waals surface area contributed by atoms with Gasteiger partial charge in [-0.3, -0.25) is 0 Å². The first-order valence-corrected chi connectivity index (χ1v) is 12.1. The highest BCUT2D eigenvalue weighted by Gasteiger charge is 2.19. The molecule has 0 saturated carbocycles. The molecule has 3 aromatic rings. The first-order valence-electron chi connectivity index (χ1n) is 9.42. The minimum atomic E-state index is -0.432. The fourth-order valence-corrected chi connectivity index (χ4v) is 5.04. The Morgan fingerprint density at radius 2 is 1.90 bits per heavy atom. The molecule has 7 nitrogen and oxygen atoms in total. The van der Waals surface area contributed by atoms with E-state index in [1.165, 1.54) is 16.9 Å². The van der Waals surface area contributed by atoms with E-state index in [4.69, 9.17) is 4.98 Å². The molecule has 2 aromatic heterocycles. The molecule has 4 N–H and O–H groups in total. The van der Waals surface area contributed by atoms with Crippen molar-refractivity contribution in [3.05, 3.63) is 35.9 Å². The highest BCUT2D eigenvalue weighted by Crippen LogP contribution is 2.37. The monoisotopic (exact) mass is 451 g/mol. The Balaban J connectivity index is 1.93. The van der Waals surface area contributed by atoms with Crippen LogP contribution in [0.3, 0.4) is 0 Å². The second kappa shape index (κ2) is 10.5. The summed E-state index contributed by atoms with van der Waals surface area (Å²) in [6.45, 7) is 6.39. The van der Waals surface area contributed by atoms with Gasteiger partial charge in [-0.2, -0.15) is 4.98 Å². The van der Waals surface area contributed by atoms with Crippen LogP contribution in [0.5, 0.6) is 0 Å². The largest absolute Gasteiger partial charge is 0.394 e. The van der Waals surface area contributed by atoms with Gasteiger partial charge in [0.2, 0.25) is 0 Å². The summed E-state index contributed by atoms with van der Waals surface area (Å²) in [6.07, 6.45) is 0.826. The van der Waals surface area contributed by atoms with E-state index in [0.717, 1.165) is 11.1 Å². The molecule has 0 aliphatic rings. The third kappa shape index (κ3) is 5.99. The first-order chi connectivity index (χ1) is 14.0. The maximum Gasteiger partial charge on any atom is 0.192 e. The summed E-state index contributed by atoms with van der Waals surface area (Å²) in [5.74, 6) is 1.11. The number of hydrogen-bond acceptors (Lipinski definition) is 9. The summed E-state index contributed by atoms with van der Waals surface area (Å²) in [6, 6.07) is 10.1. The minimum Gasteiger partial charge on any atom is -0.394 e. The number of aromatic nitrogens is 3.